The van der Waals surface area contributed by atoms with Gasteiger partial charge in [-0.25, -0.2) is 0 Å². The standard InChI is InChI=1S/C10H17N/c1-3-4-5-6-7-8-9-10(2)11/h3,5-6H,1-2,4,7-9,11H2/b6-5-. The molecule has 0 fully saturated rings. The second-order valence-electron chi connectivity index (χ2n) is 2.55. The average Bonchev–Trinajstić information content (AvgIpc) is 1.96. The Bertz CT molecular complexity index is 145. The molecule has 0 rings (SSSR count). The first-order valence-electron chi connectivity index (χ1n) is 3.96. The van der Waals surface area contributed by atoms with Crippen LogP contribution in [0.1, 0.15) is 25.7 Å². The van der Waals surface area contributed by atoms with E-state index in [0.717, 1.165) is 31.4 Å². The van der Waals surface area contributed by atoms with Crippen molar-refractivity contribution < 1.29 is 0 Å². The monoisotopic (exact) mass is 151 g/mol. The fourth-order valence-electron chi connectivity index (χ4n) is 0.757. The fraction of sp³-hybridized carbons (Fsp3) is 0.400. The van der Waals surface area contributed by atoms with Gasteiger partial charge in [0, 0.05) is 5.70 Å². The third kappa shape index (κ3) is 9.02. The van der Waals surface area contributed by atoms with Crippen molar-refractivity contribution in [3.05, 3.63) is 37.1 Å². The summed E-state index contributed by atoms with van der Waals surface area (Å²) < 4.78 is 0. The molecule has 0 aromatic rings. The molecule has 0 aliphatic rings. The summed E-state index contributed by atoms with van der Waals surface area (Å²) >= 11 is 0. The highest BCUT2D eigenvalue weighted by atomic mass is 14.5. The van der Waals surface area contributed by atoms with E-state index in [1.165, 1.54) is 0 Å². The molecule has 0 aromatic carbocycles. The van der Waals surface area contributed by atoms with Gasteiger partial charge >= 0.3 is 0 Å². The molecule has 0 heterocycles. The van der Waals surface area contributed by atoms with Crippen LogP contribution in [0.25, 0.3) is 0 Å². The normalized spacial score (nSPS) is 10.2. The molecular formula is C10H17N. The van der Waals surface area contributed by atoms with Gasteiger partial charge in [-0.3, -0.25) is 0 Å². The zero-order valence-electron chi connectivity index (χ0n) is 7.05. The molecule has 0 aliphatic carbocycles. The molecule has 0 amide bonds. The Labute approximate surface area is 69.3 Å². The number of hydrogen-bond acceptors (Lipinski definition) is 1. The van der Waals surface area contributed by atoms with Crippen LogP contribution >= 0.6 is 0 Å². The molecule has 0 saturated heterocycles. The van der Waals surface area contributed by atoms with Gasteiger partial charge in [-0.2, -0.15) is 0 Å². The Kier molecular flexibility index (Phi) is 6.50. The van der Waals surface area contributed by atoms with E-state index in [1.807, 2.05) is 6.08 Å². The van der Waals surface area contributed by atoms with Gasteiger partial charge in [-0.1, -0.05) is 24.8 Å². The van der Waals surface area contributed by atoms with Gasteiger partial charge in [0.1, 0.15) is 0 Å². The largest absolute Gasteiger partial charge is 0.403 e. The summed E-state index contributed by atoms with van der Waals surface area (Å²) in [5, 5.41) is 0. The molecule has 1 nitrogen and oxygen atoms in total. The summed E-state index contributed by atoms with van der Waals surface area (Å²) in [4.78, 5) is 0. The molecule has 0 radical (unpaired) electrons. The van der Waals surface area contributed by atoms with Crippen LogP contribution in [0.15, 0.2) is 37.1 Å². The van der Waals surface area contributed by atoms with E-state index >= 15 is 0 Å². The minimum Gasteiger partial charge on any atom is -0.403 e. The maximum Gasteiger partial charge on any atom is 0.000755 e. The molecule has 1 heteroatoms. The van der Waals surface area contributed by atoms with Crippen molar-refractivity contribution in [3.63, 3.8) is 0 Å². The van der Waals surface area contributed by atoms with E-state index in [0.29, 0.717) is 0 Å². The van der Waals surface area contributed by atoms with Gasteiger partial charge in [0.25, 0.3) is 0 Å². The number of allylic oxidation sites excluding steroid dienone is 4. The van der Waals surface area contributed by atoms with Gasteiger partial charge in [-0.05, 0) is 25.7 Å². The summed E-state index contributed by atoms with van der Waals surface area (Å²) in [5.41, 5.74) is 6.18. The van der Waals surface area contributed by atoms with Crippen molar-refractivity contribution >= 4 is 0 Å². The first-order chi connectivity index (χ1) is 5.27. The van der Waals surface area contributed by atoms with Gasteiger partial charge in [-0.15, -0.1) is 6.58 Å². The van der Waals surface area contributed by atoms with Crippen LogP contribution in [0.2, 0.25) is 0 Å². The summed E-state index contributed by atoms with van der Waals surface area (Å²) in [6.45, 7) is 7.25. The number of rotatable bonds is 6. The van der Waals surface area contributed by atoms with Crippen molar-refractivity contribution in [2.45, 2.75) is 25.7 Å². The zero-order valence-corrected chi connectivity index (χ0v) is 7.05. The molecule has 2 N–H and O–H groups in total. The van der Waals surface area contributed by atoms with Crippen LogP contribution in [-0.2, 0) is 0 Å². The minimum absolute atomic E-state index is 0.780. The van der Waals surface area contributed by atoms with Crippen LogP contribution < -0.4 is 5.73 Å². The van der Waals surface area contributed by atoms with Crippen molar-refractivity contribution in [1.29, 1.82) is 0 Å². The van der Waals surface area contributed by atoms with Crippen LogP contribution in [-0.4, -0.2) is 0 Å². The molecule has 0 unspecified atom stereocenters. The third-order valence-electron chi connectivity index (χ3n) is 1.34. The Hall–Kier alpha value is -0.980. The van der Waals surface area contributed by atoms with Crippen LogP contribution in [0, 0.1) is 0 Å². The average molecular weight is 151 g/mol. The Morgan fingerprint density at radius 3 is 2.64 bits per heavy atom. The first kappa shape index (κ1) is 10.0. The van der Waals surface area contributed by atoms with Gasteiger partial charge in [0.15, 0.2) is 0 Å². The van der Waals surface area contributed by atoms with E-state index in [2.05, 4.69) is 25.3 Å². The van der Waals surface area contributed by atoms with Gasteiger partial charge < -0.3 is 5.73 Å². The van der Waals surface area contributed by atoms with Crippen molar-refractivity contribution in [2.24, 2.45) is 5.73 Å². The van der Waals surface area contributed by atoms with Crippen molar-refractivity contribution in [2.75, 3.05) is 0 Å². The predicted octanol–water partition coefficient (Wildman–Crippen LogP) is 2.76. The van der Waals surface area contributed by atoms with Gasteiger partial charge in [0.2, 0.25) is 0 Å². The van der Waals surface area contributed by atoms with Crippen LogP contribution in [0.3, 0.4) is 0 Å². The highest BCUT2D eigenvalue weighted by molar-refractivity contribution is 4.90. The Morgan fingerprint density at radius 2 is 2.09 bits per heavy atom. The highest BCUT2D eigenvalue weighted by Crippen LogP contribution is 2.00. The smallest absolute Gasteiger partial charge is 0.000755 e. The molecule has 0 bridgehead atoms. The van der Waals surface area contributed by atoms with E-state index in [9.17, 15) is 0 Å². The molecule has 62 valence electrons. The summed E-state index contributed by atoms with van der Waals surface area (Å²) in [6, 6.07) is 0. The van der Waals surface area contributed by atoms with Gasteiger partial charge in [0.05, 0.1) is 0 Å². The Morgan fingerprint density at radius 1 is 1.36 bits per heavy atom. The summed E-state index contributed by atoms with van der Waals surface area (Å²) in [5.74, 6) is 0. The number of hydrogen-bond donors (Lipinski definition) is 1. The molecule has 0 atom stereocenters. The predicted molar refractivity (Wildman–Crippen MR) is 51.1 cm³/mol. The lowest BCUT2D eigenvalue weighted by Gasteiger charge is -1.94. The maximum atomic E-state index is 5.40. The van der Waals surface area contributed by atoms with E-state index in [1.54, 1.807) is 0 Å². The Balaban J connectivity index is 3.13. The molecule has 0 saturated carbocycles. The lowest BCUT2D eigenvalue weighted by Crippen LogP contribution is -1.92. The summed E-state index contributed by atoms with van der Waals surface area (Å²) in [7, 11) is 0. The zero-order chi connectivity index (χ0) is 8.53. The molecule has 11 heavy (non-hydrogen) atoms. The van der Waals surface area contributed by atoms with E-state index in [-0.39, 0.29) is 0 Å². The topological polar surface area (TPSA) is 26.0 Å². The first-order valence-corrected chi connectivity index (χ1v) is 3.96. The minimum atomic E-state index is 0.780. The summed E-state index contributed by atoms with van der Waals surface area (Å²) in [6.07, 6.45) is 10.2. The number of nitrogens with two attached hydrogens (primary N) is 1. The maximum absolute atomic E-state index is 5.40. The fourth-order valence-corrected chi connectivity index (χ4v) is 0.757. The van der Waals surface area contributed by atoms with Crippen LogP contribution in [0.5, 0.6) is 0 Å². The van der Waals surface area contributed by atoms with Crippen LogP contribution in [0.4, 0.5) is 0 Å². The second kappa shape index (κ2) is 7.13. The lowest BCUT2D eigenvalue weighted by molar-refractivity contribution is 0.825. The lowest BCUT2D eigenvalue weighted by atomic mass is 10.2. The molecular weight excluding hydrogens is 134 g/mol. The van der Waals surface area contributed by atoms with Crippen molar-refractivity contribution in [1.82, 2.24) is 0 Å². The molecule has 0 aliphatic heterocycles. The second-order valence-corrected chi connectivity index (χ2v) is 2.55. The molecule has 0 aromatic heterocycles. The SMILES string of the molecule is C=CC/C=C\CCCC(=C)N. The van der Waals surface area contributed by atoms with Crippen molar-refractivity contribution in [3.8, 4) is 0 Å². The molecule has 0 spiro atoms. The van der Waals surface area contributed by atoms with E-state index < -0.39 is 0 Å². The number of unbranched alkanes of at least 4 members (excludes halogenated alkanes) is 1. The quantitative estimate of drug-likeness (QED) is 0.458. The highest BCUT2D eigenvalue weighted by Gasteiger charge is 1.84. The third-order valence-corrected chi connectivity index (χ3v) is 1.34. The van der Waals surface area contributed by atoms with E-state index in [4.69, 9.17) is 5.73 Å².